The molecule has 0 atom stereocenters. The van der Waals surface area contributed by atoms with Gasteiger partial charge in [0.05, 0.1) is 5.56 Å². The number of alkyl halides is 3. The van der Waals surface area contributed by atoms with E-state index in [1.54, 1.807) is 6.92 Å². The lowest BCUT2D eigenvalue weighted by molar-refractivity contribution is -0.139. The third kappa shape index (κ3) is 3.36. The van der Waals surface area contributed by atoms with Gasteiger partial charge in [0.1, 0.15) is 22.6 Å². The summed E-state index contributed by atoms with van der Waals surface area (Å²) < 4.78 is 50.9. The first-order chi connectivity index (χ1) is 9.25. The van der Waals surface area contributed by atoms with Crippen molar-refractivity contribution >= 4 is 23.1 Å². The van der Waals surface area contributed by atoms with E-state index in [2.05, 4.69) is 15.3 Å². The van der Waals surface area contributed by atoms with Crippen LogP contribution in [0.2, 0.25) is 5.15 Å². The predicted octanol–water partition coefficient (Wildman–Crippen LogP) is 4.34. The van der Waals surface area contributed by atoms with E-state index in [0.29, 0.717) is 11.9 Å². The van der Waals surface area contributed by atoms with Crippen LogP contribution >= 0.6 is 11.6 Å². The lowest BCUT2D eigenvalue weighted by Crippen LogP contribution is -2.09. The monoisotopic (exact) mass is 305 g/mol. The standard InChI is InChI=1S/C12H8ClF4N3/c1-6-18-10(13)5-11(19-6)20-7-2-3-9(14)8(4-7)12(15,16)17/h2-5H,1H3,(H,18,19,20). The second kappa shape index (κ2) is 5.24. The minimum atomic E-state index is -4.76. The maximum atomic E-state index is 13.1. The molecule has 1 aromatic heterocycles. The van der Waals surface area contributed by atoms with Crippen molar-refractivity contribution in [1.82, 2.24) is 9.97 Å². The van der Waals surface area contributed by atoms with E-state index in [1.807, 2.05) is 0 Å². The van der Waals surface area contributed by atoms with Gasteiger partial charge in [-0.25, -0.2) is 14.4 Å². The first-order valence-corrected chi connectivity index (χ1v) is 5.78. The Morgan fingerprint density at radius 2 is 1.85 bits per heavy atom. The SMILES string of the molecule is Cc1nc(Cl)cc(Nc2ccc(F)c(C(F)(F)F)c2)n1. The molecular weight excluding hydrogens is 298 g/mol. The summed E-state index contributed by atoms with van der Waals surface area (Å²) >= 11 is 5.71. The highest BCUT2D eigenvalue weighted by Gasteiger charge is 2.34. The van der Waals surface area contributed by atoms with Crippen molar-refractivity contribution < 1.29 is 17.6 Å². The third-order valence-electron chi connectivity index (χ3n) is 2.35. The Bertz CT molecular complexity index is 623. The molecule has 2 rings (SSSR count). The Labute approximate surface area is 116 Å². The van der Waals surface area contributed by atoms with Crippen LogP contribution in [0.3, 0.4) is 0 Å². The van der Waals surface area contributed by atoms with E-state index in [4.69, 9.17) is 11.6 Å². The number of hydrogen-bond acceptors (Lipinski definition) is 3. The Morgan fingerprint density at radius 1 is 1.15 bits per heavy atom. The van der Waals surface area contributed by atoms with E-state index in [0.717, 1.165) is 6.07 Å². The van der Waals surface area contributed by atoms with Crippen molar-refractivity contribution in [2.45, 2.75) is 13.1 Å². The summed E-state index contributed by atoms with van der Waals surface area (Å²) in [5.41, 5.74) is -1.30. The molecule has 0 spiro atoms. The molecule has 106 valence electrons. The average molecular weight is 306 g/mol. The van der Waals surface area contributed by atoms with Gasteiger partial charge in [-0.1, -0.05) is 11.6 Å². The molecule has 1 aromatic carbocycles. The Kier molecular flexibility index (Phi) is 3.80. The van der Waals surface area contributed by atoms with E-state index in [9.17, 15) is 17.6 Å². The van der Waals surface area contributed by atoms with E-state index in [1.165, 1.54) is 12.1 Å². The molecule has 0 amide bonds. The predicted molar refractivity (Wildman–Crippen MR) is 66.5 cm³/mol. The van der Waals surface area contributed by atoms with Crippen LogP contribution in [0.4, 0.5) is 29.1 Å². The molecule has 0 fully saturated rings. The fourth-order valence-electron chi connectivity index (χ4n) is 1.56. The number of hydrogen-bond donors (Lipinski definition) is 1. The van der Waals surface area contributed by atoms with Crippen LogP contribution in [0.5, 0.6) is 0 Å². The van der Waals surface area contributed by atoms with Crippen LogP contribution in [0, 0.1) is 12.7 Å². The molecule has 1 heterocycles. The molecule has 20 heavy (non-hydrogen) atoms. The second-order valence-corrected chi connectivity index (χ2v) is 4.33. The number of benzene rings is 1. The highest BCUT2D eigenvalue weighted by Crippen LogP contribution is 2.33. The molecule has 0 saturated carbocycles. The van der Waals surface area contributed by atoms with Gasteiger partial charge in [0.25, 0.3) is 0 Å². The zero-order valence-electron chi connectivity index (χ0n) is 10.1. The average Bonchev–Trinajstić information content (AvgIpc) is 2.29. The van der Waals surface area contributed by atoms with Gasteiger partial charge in [0, 0.05) is 11.8 Å². The molecule has 8 heteroatoms. The van der Waals surface area contributed by atoms with Gasteiger partial charge in [0.15, 0.2) is 0 Å². The number of nitrogens with zero attached hydrogens (tertiary/aromatic N) is 2. The van der Waals surface area contributed by atoms with Gasteiger partial charge < -0.3 is 5.32 Å². The largest absolute Gasteiger partial charge is 0.419 e. The summed E-state index contributed by atoms with van der Waals surface area (Å²) in [6, 6.07) is 3.93. The zero-order chi connectivity index (χ0) is 14.9. The molecule has 0 saturated heterocycles. The molecule has 2 aromatic rings. The molecule has 3 nitrogen and oxygen atoms in total. The van der Waals surface area contributed by atoms with Crippen LogP contribution in [-0.4, -0.2) is 9.97 Å². The topological polar surface area (TPSA) is 37.8 Å². The quantitative estimate of drug-likeness (QED) is 0.662. The summed E-state index contributed by atoms with van der Waals surface area (Å²) in [4.78, 5) is 7.78. The van der Waals surface area contributed by atoms with Gasteiger partial charge in [-0.15, -0.1) is 0 Å². The molecule has 0 aliphatic carbocycles. The minimum Gasteiger partial charge on any atom is -0.340 e. The van der Waals surface area contributed by atoms with Crippen LogP contribution in [0.1, 0.15) is 11.4 Å². The summed E-state index contributed by atoms with van der Waals surface area (Å²) in [6.07, 6.45) is -4.76. The smallest absolute Gasteiger partial charge is 0.340 e. The second-order valence-electron chi connectivity index (χ2n) is 3.94. The molecule has 0 aliphatic rings. The van der Waals surface area contributed by atoms with Gasteiger partial charge in [0.2, 0.25) is 0 Å². The Morgan fingerprint density at radius 3 is 2.45 bits per heavy atom. The van der Waals surface area contributed by atoms with Crippen molar-refractivity contribution in [2.75, 3.05) is 5.32 Å². The van der Waals surface area contributed by atoms with Crippen LogP contribution in [-0.2, 0) is 6.18 Å². The van der Waals surface area contributed by atoms with Gasteiger partial charge in [-0.3, -0.25) is 0 Å². The lowest BCUT2D eigenvalue weighted by atomic mass is 10.2. The summed E-state index contributed by atoms with van der Waals surface area (Å²) in [7, 11) is 0. The van der Waals surface area contributed by atoms with E-state index >= 15 is 0 Å². The number of halogens is 5. The van der Waals surface area contributed by atoms with Gasteiger partial charge >= 0.3 is 6.18 Å². The van der Waals surface area contributed by atoms with Crippen molar-refractivity contribution in [3.05, 3.63) is 46.6 Å². The van der Waals surface area contributed by atoms with Crippen molar-refractivity contribution in [1.29, 1.82) is 0 Å². The zero-order valence-corrected chi connectivity index (χ0v) is 10.8. The van der Waals surface area contributed by atoms with Crippen LogP contribution in [0.25, 0.3) is 0 Å². The fourth-order valence-corrected chi connectivity index (χ4v) is 1.79. The molecule has 1 N–H and O–H groups in total. The van der Waals surface area contributed by atoms with E-state index < -0.39 is 17.6 Å². The normalized spacial score (nSPS) is 11.5. The number of nitrogens with one attached hydrogen (secondary N) is 1. The summed E-state index contributed by atoms with van der Waals surface area (Å²) in [6.45, 7) is 1.59. The van der Waals surface area contributed by atoms with Crippen molar-refractivity contribution in [3.63, 3.8) is 0 Å². The Balaban J connectivity index is 2.35. The van der Waals surface area contributed by atoms with Crippen molar-refractivity contribution in [2.24, 2.45) is 0 Å². The van der Waals surface area contributed by atoms with Crippen molar-refractivity contribution in [3.8, 4) is 0 Å². The molecule has 0 aliphatic heterocycles. The molecular formula is C12H8ClF4N3. The van der Waals surface area contributed by atoms with Gasteiger partial charge in [-0.2, -0.15) is 13.2 Å². The lowest BCUT2D eigenvalue weighted by Gasteiger charge is -2.11. The maximum absolute atomic E-state index is 13.1. The first kappa shape index (κ1) is 14.5. The highest BCUT2D eigenvalue weighted by atomic mass is 35.5. The Hall–Kier alpha value is -1.89. The highest BCUT2D eigenvalue weighted by molar-refractivity contribution is 6.29. The number of aromatic nitrogens is 2. The summed E-state index contributed by atoms with van der Waals surface area (Å²) in [5.74, 6) is -0.750. The molecule has 0 unspecified atom stereocenters. The number of rotatable bonds is 2. The number of anilines is 2. The first-order valence-electron chi connectivity index (χ1n) is 5.40. The maximum Gasteiger partial charge on any atom is 0.419 e. The van der Waals surface area contributed by atoms with Crippen LogP contribution < -0.4 is 5.32 Å². The summed E-state index contributed by atoms with van der Waals surface area (Å²) in [5, 5.41) is 2.77. The minimum absolute atomic E-state index is 0.0490. The number of aryl methyl sites for hydroxylation is 1. The molecule has 0 bridgehead atoms. The van der Waals surface area contributed by atoms with Gasteiger partial charge in [-0.05, 0) is 25.1 Å². The molecule has 0 radical (unpaired) electrons. The van der Waals surface area contributed by atoms with E-state index in [-0.39, 0.29) is 16.7 Å². The fraction of sp³-hybridized carbons (Fsp3) is 0.167. The third-order valence-corrected chi connectivity index (χ3v) is 2.54. The van der Waals surface area contributed by atoms with Crippen LogP contribution in [0.15, 0.2) is 24.3 Å².